The molecule has 0 fully saturated rings. The van der Waals surface area contributed by atoms with Crippen LogP contribution < -0.4 is 0 Å². The Hall–Kier alpha value is -0.633. The first-order chi connectivity index (χ1) is 22.5. The Bertz CT molecular complexity index is 606. The lowest BCUT2D eigenvalue weighted by molar-refractivity contribution is -0.145. The number of carbonyl (C=O) groups is 1. The van der Waals surface area contributed by atoms with Crippen LogP contribution in [0.25, 0.3) is 0 Å². The Kier molecular flexibility index (Phi) is 36.7. The van der Waals surface area contributed by atoms with Crippen molar-refractivity contribution in [3.63, 3.8) is 0 Å². The fraction of sp³-hybridized carbons (Fsp3) is 0.971. The Labute approximate surface area is 283 Å². The Morgan fingerprint density at radius 2 is 0.674 bits per heavy atom. The lowest BCUT2D eigenvalue weighted by atomic mass is 10.0. The van der Waals surface area contributed by atoms with Crippen molar-refractivity contribution >= 4 is 14.3 Å². The molecule has 0 aliphatic heterocycles. The largest absolute Gasteiger partial charge is 0.463 e. The zero-order valence-electron chi connectivity index (χ0n) is 30.3. The molecule has 0 heterocycles. The highest BCUT2D eigenvalue weighted by Gasteiger charge is 2.13. The van der Waals surface area contributed by atoms with Gasteiger partial charge in [0.25, 0.3) is 0 Å². The van der Waals surface area contributed by atoms with E-state index in [1.807, 2.05) is 0 Å². The second kappa shape index (κ2) is 37.2. The van der Waals surface area contributed by atoms with Crippen LogP contribution in [0.4, 0.5) is 0 Å². The molecule has 0 unspecified atom stereocenters. The standard InChI is InChI=1S/C35H72O10Si/c1-5-6-7-8-9-10-11-12-13-14-15-16-17-18-35(36)44-33-31-42-29-27-40-25-23-38-21-19-37-20-22-39-24-26-41-28-30-43-32-34-45-46(2,3)4/h5-34H2,1-4H3. The quantitative estimate of drug-likeness (QED) is 0.0384. The van der Waals surface area contributed by atoms with E-state index in [9.17, 15) is 4.79 Å². The van der Waals surface area contributed by atoms with E-state index in [4.69, 9.17) is 42.3 Å². The maximum atomic E-state index is 11.8. The summed E-state index contributed by atoms with van der Waals surface area (Å²) in [5.41, 5.74) is 0. The third-order valence-electron chi connectivity index (χ3n) is 6.97. The molecule has 0 aromatic heterocycles. The van der Waals surface area contributed by atoms with E-state index in [0.29, 0.717) is 112 Å². The van der Waals surface area contributed by atoms with Crippen molar-refractivity contribution in [2.75, 3.05) is 106 Å². The normalized spacial score (nSPS) is 11.8. The number of ether oxygens (including phenoxy) is 8. The van der Waals surface area contributed by atoms with Gasteiger partial charge in [0, 0.05) is 6.42 Å². The molecule has 0 saturated heterocycles. The van der Waals surface area contributed by atoms with Crippen LogP contribution in [-0.2, 0) is 47.1 Å². The van der Waals surface area contributed by atoms with Gasteiger partial charge in [-0.05, 0) is 26.1 Å². The maximum absolute atomic E-state index is 11.8. The number of esters is 1. The van der Waals surface area contributed by atoms with Gasteiger partial charge in [-0.25, -0.2) is 0 Å². The summed E-state index contributed by atoms with van der Waals surface area (Å²) >= 11 is 0. The van der Waals surface area contributed by atoms with E-state index >= 15 is 0 Å². The summed E-state index contributed by atoms with van der Waals surface area (Å²) in [7, 11) is -1.45. The average molecular weight is 681 g/mol. The molecule has 0 aromatic carbocycles. The molecule has 46 heavy (non-hydrogen) atoms. The Morgan fingerprint density at radius 1 is 0.391 bits per heavy atom. The Morgan fingerprint density at radius 3 is 1.00 bits per heavy atom. The Balaban J connectivity index is 3.14. The molecule has 0 radical (unpaired) electrons. The van der Waals surface area contributed by atoms with Crippen molar-refractivity contribution in [2.24, 2.45) is 0 Å². The molecule has 0 atom stereocenters. The van der Waals surface area contributed by atoms with E-state index in [0.717, 1.165) is 12.8 Å². The molecule has 0 bridgehead atoms. The first-order valence-corrected chi connectivity index (χ1v) is 21.7. The predicted octanol–water partition coefficient (Wildman–Crippen LogP) is 6.98. The third-order valence-corrected chi connectivity index (χ3v) is 8.04. The van der Waals surface area contributed by atoms with Crippen LogP contribution >= 0.6 is 0 Å². The van der Waals surface area contributed by atoms with Crippen LogP contribution in [0.2, 0.25) is 19.6 Å². The summed E-state index contributed by atoms with van der Waals surface area (Å²) in [4.78, 5) is 11.8. The number of rotatable bonds is 39. The van der Waals surface area contributed by atoms with Crippen molar-refractivity contribution in [3.05, 3.63) is 0 Å². The van der Waals surface area contributed by atoms with Gasteiger partial charge < -0.3 is 42.3 Å². The molecular formula is C35H72O10Si. The molecule has 0 aliphatic carbocycles. The zero-order valence-corrected chi connectivity index (χ0v) is 31.3. The molecule has 0 aromatic rings. The molecule has 276 valence electrons. The van der Waals surface area contributed by atoms with Gasteiger partial charge in [0.05, 0.1) is 99.1 Å². The summed E-state index contributed by atoms with van der Waals surface area (Å²) in [6.07, 6.45) is 17.4. The third kappa shape index (κ3) is 41.4. The van der Waals surface area contributed by atoms with Crippen LogP contribution in [-0.4, -0.2) is 120 Å². The van der Waals surface area contributed by atoms with Crippen LogP contribution in [0, 0.1) is 0 Å². The highest BCUT2D eigenvalue weighted by Crippen LogP contribution is 2.13. The molecule has 0 aliphatic rings. The summed E-state index contributed by atoms with van der Waals surface area (Å²) in [6, 6.07) is 0. The predicted molar refractivity (Wildman–Crippen MR) is 186 cm³/mol. The fourth-order valence-electron chi connectivity index (χ4n) is 4.40. The first-order valence-electron chi connectivity index (χ1n) is 18.3. The summed E-state index contributed by atoms with van der Waals surface area (Å²) in [5, 5.41) is 0. The number of hydrogen-bond acceptors (Lipinski definition) is 10. The van der Waals surface area contributed by atoms with Crippen molar-refractivity contribution in [1.82, 2.24) is 0 Å². The topological polar surface area (TPSA) is 100 Å². The van der Waals surface area contributed by atoms with Gasteiger partial charge in [-0.2, -0.15) is 0 Å². The molecule has 11 heteroatoms. The smallest absolute Gasteiger partial charge is 0.305 e. The number of unbranched alkanes of at least 4 members (excludes halogenated alkanes) is 12. The number of hydrogen-bond donors (Lipinski definition) is 0. The minimum atomic E-state index is -1.45. The molecular weight excluding hydrogens is 608 g/mol. The van der Waals surface area contributed by atoms with Gasteiger partial charge in [-0.3, -0.25) is 4.79 Å². The van der Waals surface area contributed by atoms with E-state index in [1.54, 1.807) is 0 Å². The van der Waals surface area contributed by atoms with Crippen LogP contribution in [0.1, 0.15) is 96.8 Å². The molecule has 0 saturated carbocycles. The van der Waals surface area contributed by atoms with Gasteiger partial charge in [0.2, 0.25) is 0 Å². The summed E-state index contributed by atoms with van der Waals surface area (Å²) < 4.78 is 49.3. The van der Waals surface area contributed by atoms with Gasteiger partial charge in [-0.15, -0.1) is 0 Å². The second-order valence-electron chi connectivity index (χ2n) is 12.5. The SMILES string of the molecule is CCCCCCCCCCCCCCCC(=O)OCCOCCOCCOCCOCCOCCOCCOCCO[Si](C)(C)C. The maximum Gasteiger partial charge on any atom is 0.305 e. The van der Waals surface area contributed by atoms with Gasteiger partial charge >= 0.3 is 5.97 Å². The minimum Gasteiger partial charge on any atom is -0.463 e. The van der Waals surface area contributed by atoms with E-state index in [2.05, 4.69) is 26.6 Å². The van der Waals surface area contributed by atoms with Gasteiger partial charge in [0.1, 0.15) is 6.61 Å². The van der Waals surface area contributed by atoms with Crippen molar-refractivity contribution in [3.8, 4) is 0 Å². The molecule has 0 amide bonds. The molecule has 0 spiro atoms. The summed E-state index contributed by atoms with van der Waals surface area (Å²) in [6.45, 7) is 16.9. The molecule has 10 nitrogen and oxygen atoms in total. The zero-order chi connectivity index (χ0) is 33.7. The fourth-order valence-corrected chi connectivity index (χ4v) is 5.10. The van der Waals surface area contributed by atoms with Crippen LogP contribution in [0.5, 0.6) is 0 Å². The first kappa shape index (κ1) is 45.4. The number of carbonyl (C=O) groups excluding carboxylic acids is 1. The second-order valence-corrected chi connectivity index (χ2v) is 17.0. The van der Waals surface area contributed by atoms with Gasteiger partial charge in [-0.1, -0.05) is 84.0 Å². The highest BCUT2D eigenvalue weighted by atomic mass is 28.4. The van der Waals surface area contributed by atoms with Crippen LogP contribution in [0.3, 0.4) is 0 Å². The van der Waals surface area contributed by atoms with E-state index in [-0.39, 0.29) is 5.97 Å². The minimum absolute atomic E-state index is 0.127. The summed E-state index contributed by atoms with van der Waals surface area (Å²) in [5.74, 6) is -0.127. The highest BCUT2D eigenvalue weighted by molar-refractivity contribution is 6.69. The van der Waals surface area contributed by atoms with Crippen molar-refractivity contribution < 1.29 is 47.1 Å². The lowest BCUT2D eigenvalue weighted by Gasteiger charge is -2.16. The monoisotopic (exact) mass is 680 g/mol. The lowest BCUT2D eigenvalue weighted by Crippen LogP contribution is -2.27. The molecule has 0 rings (SSSR count). The average Bonchev–Trinajstić information content (AvgIpc) is 3.02. The van der Waals surface area contributed by atoms with Crippen molar-refractivity contribution in [2.45, 2.75) is 116 Å². The van der Waals surface area contributed by atoms with E-state index in [1.165, 1.54) is 70.6 Å². The van der Waals surface area contributed by atoms with Crippen molar-refractivity contribution in [1.29, 1.82) is 0 Å². The van der Waals surface area contributed by atoms with E-state index < -0.39 is 8.32 Å². The van der Waals surface area contributed by atoms with Crippen LogP contribution in [0.15, 0.2) is 0 Å². The van der Waals surface area contributed by atoms with Gasteiger partial charge in [0.15, 0.2) is 8.32 Å². The molecule has 0 N–H and O–H groups in total.